The second kappa shape index (κ2) is 12.7. The smallest absolute Gasteiger partial charge is 0.363 e. The fraction of sp³-hybridized carbons (Fsp3) is 0.333. The van der Waals surface area contributed by atoms with Crippen molar-refractivity contribution in [3.05, 3.63) is 51.0 Å². The molecule has 2 amide bonds. The average molecular weight is 615 g/mol. The van der Waals surface area contributed by atoms with Crippen LogP contribution in [0.4, 0.5) is 10.8 Å². The minimum atomic E-state index is -5.14. The van der Waals surface area contributed by atoms with Gasteiger partial charge < -0.3 is 25.4 Å². The van der Waals surface area contributed by atoms with Crippen LogP contribution in [0.3, 0.4) is 0 Å². The van der Waals surface area contributed by atoms with Crippen LogP contribution in [-0.4, -0.2) is 81.9 Å². The molecule has 0 spiro atoms. The number of nitrogens with two attached hydrogens (primary N) is 1. The Morgan fingerprint density at radius 1 is 1.32 bits per heavy atom. The first-order valence-corrected chi connectivity index (χ1v) is 13.5. The Morgan fingerprint density at radius 2 is 1.98 bits per heavy atom. The number of thiazole rings is 1. The van der Waals surface area contributed by atoms with Crippen molar-refractivity contribution < 1.29 is 51.4 Å². The number of amides is 2. The highest BCUT2D eigenvalue weighted by Gasteiger charge is 2.58. The second-order valence-corrected chi connectivity index (χ2v) is 10.4. The molecule has 220 valence electrons. The molecule has 41 heavy (non-hydrogen) atoms. The van der Waals surface area contributed by atoms with E-state index in [2.05, 4.69) is 20.2 Å². The summed E-state index contributed by atoms with van der Waals surface area (Å²) in [6.45, 7) is 1.25. The van der Waals surface area contributed by atoms with Crippen LogP contribution in [0, 0.1) is 10.1 Å². The minimum Gasteiger partial charge on any atom is -0.467 e. The van der Waals surface area contributed by atoms with E-state index in [1.807, 2.05) is 0 Å². The number of oxime groups is 1. The van der Waals surface area contributed by atoms with Crippen LogP contribution in [0.1, 0.15) is 24.6 Å². The zero-order valence-electron chi connectivity index (χ0n) is 21.2. The molecule has 1 aromatic heterocycles. The normalized spacial score (nSPS) is 17.7. The van der Waals surface area contributed by atoms with E-state index in [4.69, 9.17) is 15.3 Å². The Morgan fingerprint density at radius 3 is 2.51 bits per heavy atom. The Kier molecular flexibility index (Phi) is 9.52. The zero-order chi connectivity index (χ0) is 30.5. The minimum absolute atomic E-state index is 0.0353. The van der Waals surface area contributed by atoms with Crippen LogP contribution >= 0.6 is 11.3 Å². The lowest BCUT2D eigenvalue weighted by molar-refractivity contribution is -0.384. The van der Waals surface area contributed by atoms with Gasteiger partial charge in [-0.25, -0.2) is 9.78 Å². The Labute approximate surface area is 235 Å². The van der Waals surface area contributed by atoms with E-state index in [0.717, 1.165) is 18.4 Å². The summed E-state index contributed by atoms with van der Waals surface area (Å²) in [6.07, 6.45) is -1.29. The van der Waals surface area contributed by atoms with Crippen LogP contribution < -0.4 is 11.1 Å². The van der Waals surface area contributed by atoms with Gasteiger partial charge in [0.2, 0.25) is 0 Å². The van der Waals surface area contributed by atoms with Crippen LogP contribution in [-0.2, 0) is 50.4 Å². The molecule has 20 heteroatoms. The number of non-ortho nitro benzene ring substituents is 1. The van der Waals surface area contributed by atoms with Gasteiger partial charge in [-0.15, -0.1) is 11.3 Å². The van der Waals surface area contributed by atoms with Gasteiger partial charge in [-0.3, -0.25) is 29.1 Å². The van der Waals surface area contributed by atoms with Gasteiger partial charge in [-0.05, 0) is 24.6 Å². The highest BCUT2D eigenvalue weighted by Crippen LogP contribution is 2.25. The summed E-state index contributed by atoms with van der Waals surface area (Å²) in [5.41, 5.74) is 5.35. The molecule has 1 aromatic carbocycles. The van der Waals surface area contributed by atoms with Crippen molar-refractivity contribution in [3.8, 4) is 0 Å². The molecule has 1 saturated heterocycles. The third-order valence-electron chi connectivity index (χ3n) is 5.33. The van der Waals surface area contributed by atoms with Gasteiger partial charge in [0.25, 0.3) is 17.5 Å². The van der Waals surface area contributed by atoms with Gasteiger partial charge in [0.15, 0.2) is 16.9 Å². The number of methoxy groups -OCH3 is 1. The quantitative estimate of drug-likeness (QED) is 0.0683. The Bertz CT molecular complexity index is 1490. The number of anilines is 1. The molecular formula is C21H22N6O12S2. The molecule has 1 aliphatic heterocycles. The molecular weight excluding hydrogens is 592 g/mol. The van der Waals surface area contributed by atoms with E-state index >= 15 is 0 Å². The average Bonchev–Trinajstić information content (AvgIpc) is 3.33. The zero-order valence-corrected chi connectivity index (χ0v) is 22.8. The molecule has 1 unspecified atom stereocenters. The largest absolute Gasteiger partial charge is 0.467 e. The first-order valence-electron chi connectivity index (χ1n) is 11.3. The number of carbonyl (C=O) groups excluding carboxylic acids is 4. The van der Waals surface area contributed by atoms with Crippen molar-refractivity contribution in [1.82, 2.24) is 14.6 Å². The molecule has 18 nitrogen and oxygen atoms in total. The van der Waals surface area contributed by atoms with Crippen LogP contribution in [0.2, 0.25) is 0 Å². The number of β-lactam (4-membered cyclic amide) rings is 1. The van der Waals surface area contributed by atoms with Gasteiger partial charge >= 0.3 is 22.2 Å². The summed E-state index contributed by atoms with van der Waals surface area (Å²) in [5, 5.41) is 17.9. The van der Waals surface area contributed by atoms with Crippen molar-refractivity contribution in [1.29, 1.82) is 0 Å². The first-order chi connectivity index (χ1) is 19.2. The number of nitrogens with zero attached hydrogens (tertiary/aromatic N) is 4. The molecule has 2 heterocycles. The molecule has 0 aliphatic carbocycles. The number of nitrogens with one attached hydrogen (secondary N) is 1. The lowest BCUT2D eigenvalue weighted by Crippen LogP contribution is -2.74. The van der Waals surface area contributed by atoms with Gasteiger partial charge in [0.05, 0.1) is 18.5 Å². The molecule has 0 saturated carbocycles. The number of hydrogen-bond acceptors (Lipinski definition) is 15. The number of nitro benzene ring substituents is 1. The van der Waals surface area contributed by atoms with Crippen molar-refractivity contribution in [3.63, 3.8) is 0 Å². The highest BCUT2D eigenvalue weighted by atomic mass is 32.2. The number of benzene rings is 1. The summed E-state index contributed by atoms with van der Waals surface area (Å²) >= 11 is 0.931. The predicted octanol–water partition coefficient (Wildman–Crippen LogP) is -0.452. The number of esters is 2. The number of nitrogen functional groups attached to an aromatic ring is 1. The SMILES string of the molecule is COC(=O)[C@H]1[C@@H](NC(=O)C(=NOC(C)CC(=O)OCc2ccc([N+](=O)[O-])cc2)c2csc(N)n2)C(=O)N1S(=O)(=O)O. The van der Waals surface area contributed by atoms with E-state index in [0.29, 0.717) is 5.56 Å². The lowest BCUT2D eigenvalue weighted by Gasteiger charge is -2.41. The highest BCUT2D eigenvalue weighted by molar-refractivity contribution is 7.84. The van der Waals surface area contributed by atoms with Crippen molar-refractivity contribution in [2.75, 3.05) is 12.8 Å². The number of hydrogen-bond donors (Lipinski definition) is 3. The lowest BCUT2D eigenvalue weighted by atomic mass is 9.98. The Balaban J connectivity index is 1.67. The van der Waals surface area contributed by atoms with Gasteiger partial charge in [0, 0.05) is 17.5 Å². The standard InChI is InChI=1S/C21H22N6O12S2/c1-10(7-14(28)38-8-11-3-5-12(6-4-11)27(32)33)39-25-15(13-9-40-21(22)23-13)18(29)24-16-17(20(31)37-2)26(19(16)30)41(34,35)36/h3-6,9-10,16-17H,7-8H2,1-2H3,(H2,22,23)(H,24,29)(H,34,35,36)/t10?,16-,17-/m1/s1. The summed E-state index contributed by atoms with van der Waals surface area (Å²) in [6, 6.07) is 1.72. The summed E-state index contributed by atoms with van der Waals surface area (Å²) < 4.78 is 41.6. The number of aromatic nitrogens is 1. The second-order valence-electron chi connectivity index (χ2n) is 8.25. The third kappa shape index (κ3) is 7.49. The van der Waals surface area contributed by atoms with Gasteiger partial charge in [-0.2, -0.15) is 12.7 Å². The fourth-order valence-corrected chi connectivity index (χ4v) is 4.76. The maximum absolute atomic E-state index is 13.0. The first kappa shape index (κ1) is 30.8. The van der Waals surface area contributed by atoms with Crippen LogP contribution in [0.5, 0.6) is 0 Å². The van der Waals surface area contributed by atoms with Crippen LogP contribution in [0.25, 0.3) is 0 Å². The summed E-state index contributed by atoms with van der Waals surface area (Å²) in [5.74, 6) is -4.41. The van der Waals surface area contributed by atoms with Gasteiger partial charge in [-0.1, -0.05) is 5.16 Å². The van der Waals surface area contributed by atoms with Crippen molar-refractivity contribution in [2.45, 2.75) is 38.1 Å². The van der Waals surface area contributed by atoms with E-state index < -0.39 is 62.9 Å². The van der Waals surface area contributed by atoms with Crippen molar-refractivity contribution in [2.24, 2.45) is 5.16 Å². The molecule has 2 aromatic rings. The molecule has 0 radical (unpaired) electrons. The van der Waals surface area contributed by atoms with E-state index in [-0.39, 0.29) is 33.8 Å². The molecule has 0 bridgehead atoms. The summed E-state index contributed by atoms with van der Waals surface area (Å²) in [7, 11) is -4.23. The predicted molar refractivity (Wildman–Crippen MR) is 137 cm³/mol. The topological polar surface area (TPSA) is 260 Å². The number of ether oxygens (including phenoxy) is 2. The third-order valence-corrected chi connectivity index (χ3v) is 6.91. The van der Waals surface area contributed by atoms with E-state index in [1.54, 1.807) is 0 Å². The molecule has 3 atom stereocenters. The fourth-order valence-electron chi connectivity index (χ4n) is 3.37. The number of nitro groups is 1. The maximum Gasteiger partial charge on any atom is 0.363 e. The van der Waals surface area contributed by atoms with Gasteiger partial charge in [0.1, 0.15) is 24.4 Å². The monoisotopic (exact) mass is 614 g/mol. The molecule has 1 fully saturated rings. The maximum atomic E-state index is 13.0. The molecule has 3 rings (SSSR count). The molecule has 1 aliphatic rings. The van der Waals surface area contributed by atoms with E-state index in [9.17, 15) is 42.3 Å². The Hall–Kier alpha value is -4.69. The van der Waals surface area contributed by atoms with Crippen molar-refractivity contribution >= 4 is 61.9 Å². The van der Waals surface area contributed by atoms with E-state index in [1.165, 1.54) is 36.6 Å². The molecule has 4 N–H and O–H groups in total. The number of rotatable bonds is 12. The van der Waals surface area contributed by atoms with Crippen LogP contribution in [0.15, 0.2) is 34.8 Å². The summed E-state index contributed by atoms with van der Waals surface area (Å²) in [4.78, 5) is 68.9. The number of carbonyl (C=O) groups is 4.